The summed E-state index contributed by atoms with van der Waals surface area (Å²) in [5.41, 5.74) is 13.9. The lowest BCUT2D eigenvalue weighted by Crippen LogP contribution is -2.25. The van der Waals surface area contributed by atoms with Crippen molar-refractivity contribution < 1.29 is 5.11 Å². The van der Waals surface area contributed by atoms with E-state index in [4.69, 9.17) is 9.97 Å². The van der Waals surface area contributed by atoms with Crippen LogP contribution in [-0.4, -0.2) is 22.1 Å². The SMILES string of the molecule is Cc1cc(C)c(-c2cc(-c3ccc4c(C(C)C)ccc(O)c4n3)cc3c2N(C)c2ccccc2N3c2ccccn2)c(C)c1. The van der Waals surface area contributed by atoms with Crippen LogP contribution in [0.3, 0.4) is 0 Å². The summed E-state index contributed by atoms with van der Waals surface area (Å²) in [7, 11) is 2.15. The number of aromatic hydroxyl groups is 1. The number of anilines is 5. The first kappa shape index (κ1) is 27.7. The molecule has 0 atom stereocenters. The van der Waals surface area contributed by atoms with Crippen molar-refractivity contribution in [2.24, 2.45) is 0 Å². The monoisotopic (exact) mass is 576 g/mol. The molecule has 0 saturated carbocycles. The second kappa shape index (κ2) is 10.5. The maximum absolute atomic E-state index is 10.9. The van der Waals surface area contributed by atoms with Gasteiger partial charge in [-0.05, 0) is 97.5 Å². The highest BCUT2D eigenvalue weighted by Crippen LogP contribution is 2.55. The number of phenols is 1. The number of para-hydroxylation sites is 2. The number of pyridine rings is 2. The first-order valence-corrected chi connectivity index (χ1v) is 15.2. The minimum atomic E-state index is 0.193. The van der Waals surface area contributed by atoms with Crippen LogP contribution in [0.25, 0.3) is 33.3 Å². The molecule has 3 heterocycles. The first-order chi connectivity index (χ1) is 21.2. The summed E-state index contributed by atoms with van der Waals surface area (Å²) in [6, 6.07) is 31.5. The van der Waals surface area contributed by atoms with Crippen LogP contribution in [0.4, 0.5) is 28.6 Å². The Hall–Kier alpha value is -5.16. The number of aryl methyl sites for hydroxylation is 3. The Morgan fingerprint density at radius 1 is 0.750 bits per heavy atom. The van der Waals surface area contributed by atoms with E-state index in [1.54, 1.807) is 6.07 Å². The minimum Gasteiger partial charge on any atom is -0.506 e. The topological polar surface area (TPSA) is 52.5 Å². The zero-order valence-electron chi connectivity index (χ0n) is 26.1. The summed E-state index contributed by atoms with van der Waals surface area (Å²) in [4.78, 5) is 14.5. The van der Waals surface area contributed by atoms with Crippen LogP contribution in [0.1, 0.15) is 42.0 Å². The third-order valence-electron chi connectivity index (χ3n) is 8.76. The lowest BCUT2D eigenvalue weighted by molar-refractivity contribution is 0.480. The molecule has 7 rings (SSSR count). The van der Waals surface area contributed by atoms with Gasteiger partial charge in [0.25, 0.3) is 0 Å². The van der Waals surface area contributed by atoms with Gasteiger partial charge in [-0.15, -0.1) is 0 Å². The Kier molecular flexibility index (Phi) is 6.62. The lowest BCUT2D eigenvalue weighted by Gasteiger charge is -2.40. The average Bonchev–Trinajstić information content (AvgIpc) is 3.01. The van der Waals surface area contributed by atoms with E-state index in [0.29, 0.717) is 11.4 Å². The number of benzene rings is 4. The lowest BCUT2D eigenvalue weighted by atomic mass is 9.88. The standard InChI is InChI=1S/C39H36N4O/c1-23(2)28-15-17-35(44)38-29(28)14-16-31(41-38)27-21-30(37-25(4)19-24(3)20-26(37)5)39-34(22-27)43(36-13-9-10-18-40-36)33-12-8-7-11-32(33)42(39)6/h7-23,44H,1-6H3. The van der Waals surface area contributed by atoms with Gasteiger partial charge in [-0.25, -0.2) is 9.97 Å². The molecule has 6 aromatic rings. The molecule has 4 aromatic carbocycles. The largest absolute Gasteiger partial charge is 0.506 e. The summed E-state index contributed by atoms with van der Waals surface area (Å²) in [6.07, 6.45) is 1.84. The molecule has 1 aliphatic heterocycles. The molecule has 0 bridgehead atoms. The molecule has 5 heteroatoms. The molecular formula is C39H36N4O. The fourth-order valence-electron chi connectivity index (χ4n) is 6.89. The number of fused-ring (bicyclic) bond motifs is 3. The highest BCUT2D eigenvalue weighted by molar-refractivity contribution is 6.05. The van der Waals surface area contributed by atoms with Gasteiger partial charge in [-0.3, -0.25) is 4.90 Å². The van der Waals surface area contributed by atoms with E-state index in [9.17, 15) is 5.11 Å². The van der Waals surface area contributed by atoms with Crippen molar-refractivity contribution in [3.63, 3.8) is 0 Å². The summed E-state index contributed by atoms with van der Waals surface area (Å²) in [6.45, 7) is 10.9. The Morgan fingerprint density at radius 3 is 2.18 bits per heavy atom. The molecule has 0 amide bonds. The van der Waals surface area contributed by atoms with Crippen LogP contribution in [0.2, 0.25) is 0 Å². The predicted octanol–water partition coefficient (Wildman–Crippen LogP) is 10.3. The van der Waals surface area contributed by atoms with Gasteiger partial charge in [0.1, 0.15) is 17.1 Å². The van der Waals surface area contributed by atoms with E-state index in [0.717, 1.165) is 50.8 Å². The molecule has 0 aliphatic carbocycles. The normalized spacial score (nSPS) is 12.5. The van der Waals surface area contributed by atoms with Gasteiger partial charge < -0.3 is 10.0 Å². The number of rotatable bonds is 4. The van der Waals surface area contributed by atoms with Crippen molar-refractivity contribution in [3.8, 4) is 28.1 Å². The second-order valence-corrected chi connectivity index (χ2v) is 12.2. The fraction of sp³-hybridized carbons (Fsp3) is 0.179. The van der Waals surface area contributed by atoms with E-state index < -0.39 is 0 Å². The number of nitrogens with zero attached hydrogens (tertiary/aromatic N) is 4. The molecule has 0 spiro atoms. The molecule has 1 aliphatic rings. The van der Waals surface area contributed by atoms with E-state index >= 15 is 0 Å². The molecule has 5 nitrogen and oxygen atoms in total. The number of hydrogen-bond acceptors (Lipinski definition) is 5. The van der Waals surface area contributed by atoms with Gasteiger partial charge in [0.05, 0.1) is 28.4 Å². The molecule has 218 valence electrons. The third-order valence-corrected chi connectivity index (χ3v) is 8.76. The molecule has 2 aromatic heterocycles. The van der Waals surface area contributed by atoms with E-state index in [-0.39, 0.29) is 5.75 Å². The second-order valence-electron chi connectivity index (χ2n) is 12.2. The maximum atomic E-state index is 10.9. The number of hydrogen-bond donors (Lipinski definition) is 1. The summed E-state index contributed by atoms with van der Waals surface area (Å²) >= 11 is 0. The quantitative estimate of drug-likeness (QED) is 0.226. The Morgan fingerprint density at radius 2 is 1.48 bits per heavy atom. The fourth-order valence-corrected chi connectivity index (χ4v) is 6.89. The van der Waals surface area contributed by atoms with Gasteiger partial charge in [0.15, 0.2) is 0 Å². The molecule has 1 N–H and O–H groups in total. The molecule has 0 radical (unpaired) electrons. The Labute approximate surface area is 259 Å². The Balaban J connectivity index is 1.57. The van der Waals surface area contributed by atoms with Crippen molar-refractivity contribution in [2.75, 3.05) is 16.8 Å². The maximum Gasteiger partial charge on any atom is 0.141 e. The van der Waals surface area contributed by atoms with Gasteiger partial charge >= 0.3 is 0 Å². The first-order valence-electron chi connectivity index (χ1n) is 15.2. The van der Waals surface area contributed by atoms with E-state index in [1.165, 1.54) is 27.8 Å². The zero-order valence-corrected chi connectivity index (χ0v) is 26.1. The van der Waals surface area contributed by atoms with Crippen LogP contribution in [-0.2, 0) is 0 Å². The summed E-state index contributed by atoms with van der Waals surface area (Å²) in [5.74, 6) is 1.36. The van der Waals surface area contributed by atoms with Crippen molar-refractivity contribution in [1.29, 1.82) is 0 Å². The van der Waals surface area contributed by atoms with Crippen LogP contribution >= 0.6 is 0 Å². The van der Waals surface area contributed by atoms with Crippen molar-refractivity contribution in [1.82, 2.24) is 9.97 Å². The van der Waals surface area contributed by atoms with Crippen LogP contribution in [0.5, 0.6) is 5.75 Å². The number of aromatic nitrogens is 2. The molecule has 0 unspecified atom stereocenters. The third kappa shape index (κ3) is 4.39. The molecule has 44 heavy (non-hydrogen) atoms. The predicted molar refractivity (Wildman–Crippen MR) is 183 cm³/mol. The minimum absolute atomic E-state index is 0.193. The molecule has 0 saturated heterocycles. The van der Waals surface area contributed by atoms with Gasteiger partial charge in [-0.1, -0.05) is 61.9 Å². The Bertz CT molecular complexity index is 2040. The van der Waals surface area contributed by atoms with Gasteiger partial charge in [0, 0.05) is 29.8 Å². The van der Waals surface area contributed by atoms with E-state index in [1.807, 2.05) is 24.4 Å². The smallest absolute Gasteiger partial charge is 0.141 e. The number of phenolic OH excluding ortho intramolecular Hbond substituents is 1. The summed E-state index contributed by atoms with van der Waals surface area (Å²) in [5, 5.41) is 11.9. The highest BCUT2D eigenvalue weighted by Gasteiger charge is 2.32. The molecular weight excluding hydrogens is 540 g/mol. The average molecular weight is 577 g/mol. The van der Waals surface area contributed by atoms with Crippen molar-refractivity contribution >= 4 is 39.5 Å². The molecule has 0 fully saturated rings. The van der Waals surface area contributed by atoms with Crippen molar-refractivity contribution in [2.45, 2.75) is 40.5 Å². The van der Waals surface area contributed by atoms with E-state index in [2.05, 4.69) is 118 Å². The van der Waals surface area contributed by atoms with Gasteiger partial charge in [-0.2, -0.15) is 0 Å². The zero-order chi connectivity index (χ0) is 30.7. The van der Waals surface area contributed by atoms with Crippen LogP contribution in [0, 0.1) is 20.8 Å². The highest BCUT2D eigenvalue weighted by atomic mass is 16.3. The summed E-state index contributed by atoms with van der Waals surface area (Å²) < 4.78 is 0. The van der Waals surface area contributed by atoms with Crippen LogP contribution < -0.4 is 9.80 Å². The van der Waals surface area contributed by atoms with Crippen molar-refractivity contribution in [3.05, 3.63) is 119 Å². The van der Waals surface area contributed by atoms with Gasteiger partial charge in [0.2, 0.25) is 0 Å². The van der Waals surface area contributed by atoms with Crippen LogP contribution in [0.15, 0.2) is 97.2 Å².